The number of rotatable bonds is 1. The lowest BCUT2D eigenvalue weighted by atomic mass is 10.2. The van der Waals surface area contributed by atoms with E-state index in [1.165, 1.54) is 10.9 Å². The number of hydrogen-bond acceptors (Lipinski definition) is 3. The van der Waals surface area contributed by atoms with E-state index >= 15 is 0 Å². The fourth-order valence-corrected chi connectivity index (χ4v) is 1.82. The van der Waals surface area contributed by atoms with E-state index in [1.807, 2.05) is 0 Å². The van der Waals surface area contributed by atoms with Crippen LogP contribution in [-0.2, 0) is 4.74 Å². The molecule has 1 aromatic heterocycles. The van der Waals surface area contributed by atoms with Crippen LogP contribution in [0, 0.1) is 11.6 Å². The second kappa shape index (κ2) is 4.51. The maximum Gasteiger partial charge on any atom is 0.293 e. The summed E-state index contributed by atoms with van der Waals surface area (Å²) < 4.78 is 6.72. The summed E-state index contributed by atoms with van der Waals surface area (Å²) in [6, 6.07) is 0. The van der Waals surface area contributed by atoms with Crippen LogP contribution in [0.4, 0.5) is 0 Å². The van der Waals surface area contributed by atoms with Gasteiger partial charge in [-0.2, -0.15) is 9.78 Å². The average molecular weight is 250 g/mol. The van der Waals surface area contributed by atoms with Gasteiger partial charge in [0.25, 0.3) is 10.6 Å². The van der Waals surface area contributed by atoms with E-state index in [4.69, 9.17) is 27.9 Å². The Morgan fingerprint density at radius 3 is 3.07 bits per heavy atom. The van der Waals surface area contributed by atoms with E-state index in [9.17, 15) is 4.79 Å². The monoisotopic (exact) mass is 249 g/mol. The third-order valence-electron chi connectivity index (χ3n) is 2.34. The smallest absolute Gasteiger partial charge is 0.293 e. The molecule has 0 aromatic carbocycles. The average Bonchev–Trinajstić information content (AvgIpc) is 2.27. The number of ether oxygens (including phenoxy) is 1. The summed E-state index contributed by atoms with van der Waals surface area (Å²) in [7, 11) is 0. The van der Waals surface area contributed by atoms with Gasteiger partial charge < -0.3 is 4.74 Å². The molecular weight excluding hydrogens is 239 g/mol. The Bertz CT molecular complexity index is 413. The molecule has 1 aliphatic rings. The predicted molar refractivity (Wildman–Crippen MR) is 52.9 cm³/mol. The van der Waals surface area contributed by atoms with Crippen LogP contribution in [0.2, 0.25) is 10.0 Å². The summed E-state index contributed by atoms with van der Waals surface area (Å²) in [5.74, 6) is 0. The first kappa shape index (κ1) is 10.9. The number of nitrogens with zero attached hydrogens (tertiary/aromatic N) is 2. The molecule has 2 rings (SSSR count). The van der Waals surface area contributed by atoms with Gasteiger partial charge in [-0.15, -0.1) is 0 Å². The summed E-state index contributed by atoms with van der Waals surface area (Å²) in [6.07, 6.45) is 3.97. The number of hydrogen-bond donors (Lipinski definition) is 0. The topological polar surface area (TPSA) is 44.1 Å². The SMILES string of the molecule is O=c1c(Cl)c([ClH+])cnn1C1CCCCO1. The molecule has 0 spiro atoms. The molecule has 4 nitrogen and oxygen atoms in total. The fraction of sp³-hybridized carbons (Fsp3) is 0.556. The van der Waals surface area contributed by atoms with Crippen molar-refractivity contribution in [3.05, 3.63) is 26.6 Å². The summed E-state index contributed by atoms with van der Waals surface area (Å²) in [6.45, 7) is 0.659. The first-order valence-electron chi connectivity index (χ1n) is 4.76. The van der Waals surface area contributed by atoms with Crippen molar-refractivity contribution in [3.8, 4) is 0 Å². The summed E-state index contributed by atoms with van der Waals surface area (Å²) in [5.41, 5.74) is -0.365. The van der Waals surface area contributed by atoms with Gasteiger partial charge in [0.05, 0.1) is 0 Å². The molecule has 15 heavy (non-hydrogen) atoms. The first-order chi connectivity index (χ1) is 7.20. The van der Waals surface area contributed by atoms with E-state index in [1.54, 1.807) is 0 Å². The summed E-state index contributed by atoms with van der Waals surface area (Å²) >= 11 is 10.6. The van der Waals surface area contributed by atoms with E-state index in [-0.39, 0.29) is 21.8 Å². The largest absolute Gasteiger partial charge is 0.356 e. The second-order valence-electron chi connectivity index (χ2n) is 3.39. The van der Waals surface area contributed by atoms with Crippen molar-refractivity contribution in [2.24, 2.45) is 0 Å². The van der Waals surface area contributed by atoms with Crippen LogP contribution in [0.1, 0.15) is 25.5 Å². The van der Waals surface area contributed by atoms with Crippen molar-refractivity contribution in [2.75, 3.05) is 6.61 Å². The van der Waals surface area contributed by atoms with Crippen molar-refractivity contribution >= 4 is 11.6 Å². The Morgan fingerprint density at radius 1 is 1.60 bits per heavy atom. The molecule has 0 saturated carbocycles. The highest BCUT2D eigenvalue weighted by atomic mass is 35.5. The molecule has 0 aliphatic carbocycles. The highest BCUT2D eigenvalue weighted by molar-refractivity contribution is 6.30. The molecule has 1 aromatic rings. The second-order valence-corrected chi connectivity index (χ2v) is 4.21. The highest BCUT2D eigenvalue weighted by Crippen LogP contribution is 2.21. The van der Waals surface area contributed by atoms with Gasteiger partial charge in [-0.05, 0) is 19.3 Å². The Kier molecular flexibility index (Phi) is 3.29. The van der Waals surface area contributed by atoms with Crippen LogP contribution in [0.3, 0.4) is 0 Å². The molecule has 0 amide bonds. The van der Waals surface area contributed by atoms with Crippen LogP contribution in [0.15, 0.2) is 11.0 Å². The number of aromatic nitrogens is 2. The van der Waals surface area contributed by atoms with Gasteiger partial charge in [-0.1, -0.05) is 11.6 Å². The summed E-state index contributed by atoms with van der Waals surface area (Å²) in [5, 5.41) is 4.29. The van der Waals surface area contributed by atoms with E-state index < -0.39 is 0 Å². The third-order valence-corrected chi connectivity index (χ3v) is 3.13. The van der Waals surface area contributed by atoms with Crippen LogP contribution >= 0.6 is 11.6 Å². The molecular formula is C9H11Cl2N2O2+. The van der Waals surface area contributed by atoms with Gasteiger partial charge in [-0.25, -0.2) is 0 Å². The molecule has 6 heteroatoms. The molecule has 1 saturated heterocycles. The number of halogens is 2. The lowest BCUT2D eigenvalue weighted by molar-refractivity contribution is -0.289. The van der Waals surface area contributed by atoms with Gasteiger partial charge in [0, 0.05) is 6.61 Å². The first-order valence-corrected chi connectivity index (χ1v) is 5.54. The Hall–Kier alpha value is -0.580. The van der Waals surface area contributed by atoms with Gasteiger partial charge in [0.15, 0.2) is 22.9 Å². The third kappa shape index (κ3) is 2.17. The Morgan fingerprint density at radius 2 is 2.40 bits per heavy atom. The zero-order valence-electron chi connectivity index (χ0n) is 7.98. The van der Waals surface area contributed by atoms with E-state index in [2.05, 4.69) is 5.10 Å². The molecule has 1 atom stereocenters. The van der Waals surface area contributed by atoms with Gasteiger partial charge in [0.2, 0.25) is 0 Å². The minimum absolute atomic E-state index is 0.0502. The zero-order chi connectivity index (χ0) is 10.8. The van der Waals surface area contributed by atoms with Crippen molar-refractivity contribution in [1.82, 2.24) is 9.78 Å². The van der Waals surface area contributed by atoms with Crippen molar-refractivity contribution < 1.29 is 16.3 Å². The molecule has 1 unspecified atom stereocenters. The molecule has 0 N–H and O–H groups in total. The van der Waals surface area contributed by atoms with Crippen molar-refractivity contribution in [3.63, 3.8) is 0 Å². The molecule has 0 bridgehead atoms. The fourth-order valence-electron chi connectivity index (χ4n) is 1.55. The Labute approximate surface area is 96.7 Å². The quantitative estimate of drug-likeness (QED) is 0.754. The van der Waals surface area contributed by atoms with Crippen LogP contribution in [-0.4, -0.2) is 16.4 Å². The van der Waals surface area contributed by atoms with E-state index in [0.29, 0.717) is 6.61 Å². The van der Waals surface area contributed by atoms with Gasteiger partial charge >= 0.3 is 0 Å². The lowest BCUT2D eigenvalue weighted by Crippen LogP contribution is -2.31. The van der Waals surface area contributed by atoms with Crippen LogP contribution in [0.5, 0.6) is 0 Å². The predicted octanol–water partition coefficient (Wildman–Crippen LogP) is 1.29. The lowest BCUT2D eigenvalue weighted by Gasteiger charge is -2.22. The molecule has 82 valence electrons. The molecule has 1 aliphatic heterocycles. The minimum Gasteiger partial charge on any atom is -0.356 e. The molecule has 0 radical (unpaired) electrons. The highest BCUT2D eigenvalue weighted by Gasteiger charge is 2.21. The molecule has 1 fully saturated rings. The van der Waals surface area contributed by atoms with Crippen LogP contribution < -0.4 is 5.56 Å². The standard InChI is InChI=1S/C9H11Cl2N2O2/c10-6-5-12-13(9(14)8(6)11)7-3-1-2-4-15-7/h5,7,10H,1-4H2/q+1. The van der Waals surface area contributed by atoms with Crippen molar-refractivity contribution in [1.29, 1.82) is 0 Å². The minimum atomic E-state index is -0.365. The maximum atomic E-state index is 11.7. The van der Waals surface area contributed by atoms with Crippen LogP contribution in [0.25, 0.3) is 0 Å². The Balaban J connectivity index is 2.35. The normalized spacial score (nSPS) is 21.6. The van der Waals surface area contributed by atoms with Gasteiger partial charge in [-0.3, -0.25) is 4.79 Å². The molecule has 2 heterocycles. The maximum absolute atomic E-state index is 11.7. The zero-order valence-corrected chi connectivity index (χ0v) is 9.55. The van der Waals surface area contributed by atoms with E-state index in [0.717, 1.165) is 19.3 Å². The van der Waals surface area contributed by atoms with Crippen molar-refractivity contribution in [2.45, 2.75) is 25.5 Å². The van der Waals surface area contributed by atoms with Gasteiger partial charge in [0.1, 0.15) is 6.20 Å². The summed E-state index contributed by atoms with van der Waals surface area (Å²) in [4.78, 5) is 11.7.